The summed E-state index contributed by atoms with van der Waals surface area (Å²) in [7, 11) is -6.78. The fourth-order valence-corrected chi connectivity index (χ4v) is 9.97. The van der Waals surface area contributed by atoms with Gasteiger partial charge in [-0.25, -0.2) is 25.8 Å². The molecule has 47 heavy (non-hydrogen) atoms. The van der Waals surface area contributed by atoms with Gasteiger partial charge in [0.1, 0.15) is 0 Å². The number of pyridine rings is 1. The van der Waals surface area contributed by atoms with Crippen LogP contribution in [0.4, 0.5) is 11.4 Å². The summed E-state index contributed by atoms with van der Waals surface area (Å²) in [6.45, 7) is 4.10. The predicted octanol–water partition coefficient (Wildman–Crippen LogP) is 5.24. The van der Waals surface area contributed by atoms with Gasteiger partial charge in [0.05, 0.1) is 16.4 Å². The minimum atomic E-state index is -3.85. The van der Waals surface area contributed by atoms with E-state index in [1.807, 2.05) is 12.1 Å². The number of ether oxygens (including phenoxy) is 1. The minimum absolute atomic E-state index is 0.0600. The molecule has 11 heteroatoms. The standard InChI is InChI=1S/C36H36N4O5S2/c41-46(42)21-17-38(18-22-46)29-11-8-27(9-12-29)24-39-26-36(14-19-45-20-15-36)33-23-28(10-13-34(33)39)32-25-40(35-31(32)7-4-16-37-35)47(43,44)30-5-2-1-3-6-30/h1-13,16,23,25H,14-15,17-22,24,26H2. The molecule has 0 unspecified atom stereocenters. The van der Waals surface area contributed by atoms with Gasteiger partial charge in [-0.3, -0.25) is 0 Å². The first kappa shape index (κ1) is 30.2. The Morgan fingerprint density at radius 3 is 2.36 bits per heavy atom. The van der Waals surface area contributed by atoms with Crippen LogP contribution in [0.15, 0.2) is 102 Å². The van der Waals surface area contributed by atoms with E-state index in [0.717, 1.165) is 48.1 Å². The van der Waals surface area contributed by atoms with Crippen LogP contribution >= 0.6 is 0 Å². The number of sulfone groups is 1. The maximum atomic E-state index is 13.8. The second-order valence-corrected chi connectivity index (χ2v) is 16.9. The second kappa shape index (κ2) is 11.5. The zero-order valence-corrected chi connectivity index (χ0v) is 27.6. The third-order valence-corrected chi connectivity index (χ3v) is 13.3. The first-order valence-corrected chi connectivity index (χ1v) is 19.3. The number of rotatable bonds is 6. The molecule has 8 rings (SSSR count). The van der Waals surface area contributed by atoms with E-state index in [1.54, 1.807) is 42.7 Å². The van der Waals surface area contributed by atoms with Crippen LogP contribution in [-0.4, -0.2) is 70.1 Å². The molecule has 9 nitrogen and oxygen atoms in total. The number of aromatic nitrogens is 2. The molecule has 5 heterocycles. The highest BCUT2D eigenvalue weighted by molar-refractivity contribution is 7.91. The predicted molar refractivity (Wildman–Crippen MR) is 184 cm³/mol. The molecule has 2 fully saturated rings. The molecule has 0 saturated carbocycles. The fraction of sp³-hybridized carbons (Fsp3) is 0.306. The lowest BCUT2D eigenvalue weighted by Crippen LogP contribution is -2.40. The van der Waals surface area contributed by atoms with Crippen LogP contribution in [-0.2, 0) is 36.6 Å². The van der Waals surface area contributed by atoms with Gasteiger partial charge in [-0.15, -0.1) is 0 Å². The Morgan fingerprint density at radius 2 is 1.62 bits per heavy atom. The van der Waals surface area contributed by atoms with Crippen LogP contribution in [0.3, 0.4) is 0 Å². The van der Waals surface area contributed by atoms with Crippen molar-refractivity contribution in [3.05, 3.63) is 108 Å². The van der Waals surface area contributed by atoms with Gasteiger partial charge in [0, 0.05) is 79.5 Å². The Morgan fingerprint density at radius 1 is 0.872 bits per heavy atom. The number of nitrogens with zero attached hydrogens (tertiary/aromatic N) is 4. The largest absolute Gasteiger partial charge is 0.381 e. The maximum Gasteiger partial charge on any atom is 0.269 e. The summed E-state index contributed by atoms with van der Waals surface area (Å²) in [6, 6.07) is 27.3. The average molecular weight is 669 g/mol. The number of hydrogen-bond acceptors (Lipinski definition) is 8. The van der Waals surface area contributed by atoms with Crippen LogP contribution < -0.4 is 9.80 Å². The lowest BCUT2D eigenvalue weighted by molar-refractivity contribution is 0.0553. The Kier molecular flexibility index (Phi) is 7.38. The number of benzene rings is 3. The highest BCUT2D eigenvalue weighted by atomic mass is 32.2. The van der Waals surface area contributed by atoms with E-state index in [1.165, 1.54) is 20.8 Å². The number of fused-ring (bicyclic) bond motifs is 3. The van der Waals surface area contributed by atoms with E-state index in [2.05, 4.69) is 57.2 Å². The highest BCUT2D eigenvalue weighted by Gasteiger charge is 2.44. The highest BCUT2D eigenvalue weighted by Crippen LogP contribution is 2.49. The van der Waals surface area contributed by atoms with E-state index in [0.29, 0.717) is 32.0 Å². The van der Waals surface area contributed by atoms with Crippen molar-refractivity contribution < 1.29 is 21.6 Å². The van der Waals surface area contributed by atoms with Gasteiger partial charge in [-0.1, -0.05) is 36.4 Å². The van der Waals surface area contributed by atoms with Gasteiger partial charge in [-0.05, 0) is 78.1 Å². The summed E-state index contributed by atoms with van der Waals surface area (Å²) in [4.78, 5) is 9.33. The van der Waals surface area contributed by atoms with Gasteiger partial charge >= 0.3 is 0 Å². The van der Waals surface area contributed by atoms with Crippen molar-refractivity contribution >= 4 is 42.3 Å². The molecule has 1 spiro atoms. The zero-order valence-electron chi connectivity index (χ0n) is 26.0. The second-order valence-electron chi connectivity index (χ2n) is 12.8. The molecular formula is C36H36N4O5S2. The SMILES string of the molecule is O=S1(=O)CCN(c2ccc(CN3CC4(CCOCC4)c4cc(-c5cn(S(=O)(=O)c6ccccc6)c6ncccc56)ccc43)cc2)CC1. The van der Waals surface area contributed by atoms with E-state index in [9.17, 15) is 16.8 Å². The molecule has 3 aromatic carbocycles. The van der Waals surface area contributed by atoms with Gasteiger partial charge < -0.3 is 14.5 Å². The monoisotopic (exact) mass is 668 g/mol. The minimum Gasteiger partial charge on any atom is -0.381 e. The van der Waals surface area contributed by atoms with Crippen molar-refractivity contribution in [3.8, 4) is 11.1 Å². The number of anilines is 2. The molecule has 3 aliphatic rings. The number of hydrogen-bond donors (Lipinski definition) is 0. The van der Waals surface area contributed by atoms with E-state index < -0.39 is 19.9 Å². The third kappa shape index (κ3) is 5.40. The van der Waals surface area contributed by atoms with E-state index in [4.69, 9.17) is 4.74 Å². The Bertz CT molecular complexity index is 2160. The summed E-state index contributed by atoms with van der Waals surface area (Å²) in [5.41, 5.74) is 6.86. The Labute approximate surface area is 275 Å². The fourth-order valence-electron chi connectivity index (χ4n) is 7.42. The van der Waals surface area contributed by atoms with Crippen LogP contribution in [0.25, 0.3) is 22.2 Å². The maximum absolute atomic E-state index is 13.8. The summed E-state index contributed by atoms with van der Waals surface area (Å²) in [5, 5.41) is 0.786. The summed E-state index contributed by atoms with van der Waals surface area (Å²) in [5.74, 6) is 0.403. The van der Waals surface area contributed by atoms with Crippen LogP contribution in [0, 0.1) is 0 Å². The molecule has 0 bridgehead atoms. The van der Waals surface area contributed by atoms with Gasteiger partial charge in [-0.2, -0.15) is 0 Å². The Balaban J connectivity index is 1.14. The summed E-state index contributed by atoms with van der Waals surface area (Å²) in [6.07, 6.45) is 5.18. The van der Waals surface area contributed by atoms with Gasteiger partial charge in [0.25, 0.3) is 10.0 Å². The first-order valence-electron chi connectivity index (χ1n) is 16.0. The molecule has 0 atom stereocenters. The topological polar surface area (TPSA) is 102 Å². The van der Waals surface area contributed by atoms with Crippen molar-refractivity contribution in [1.29, 1.82) is 0 Å². The molecule has 0 amide bonds. The van der Waals surface area contributed by atoms with Crippen LogP contribution in [0.2, 0.25) is 0 Å². The van der Waals surface area contributed by atoms with E-state index in [-0.39, 0.29) is 21.8 Å². The summed E-state index contributed by atoms with van der Waals surface area (Å²) < 4.78 is 58.4. The van der Waals surface area contributed by atoms with Crippen molar-refractivity contribution in [1.82, 2.24) is 8.96 Å². The molecule has 5 aromatic rings. The molecule has 0 radical (unpaired) electrons. The molecule has 2 aromatic heterocycles. The van der Waals surface area contributed by atoms with Gasteiger partial charge in [0.15, 0.2) is 15.5 Å². The lowest BCUT2D eigenvalue weighted by Gasteiger charge is -2.34. The van der Waals surface area contributed by atoms with Gasteiger partial charge in [0.2, 0.25) is 0 Å². The van der Waals surface area contributed by atoms with Crippen molar-refractivity contribution in [2.45, 2.75) is 29.7 Å². The smallest absolute Gasteiger partial charge is 0.269 e. The van der Waals surface area contributed by atoms with E-state index >= 15 is 0 Å². The quantitative estimate of drug-likeness (QED) is 0.242. The molecule has 242 valence electrons. The zero-order chi connectivity index (χ0) is 32.2. The molecular weight excluding hydrogens is 633 g/mol. The van der Waals surface area contributed by atoms with Crippen molar-refractivity contribution in [2.75, 3.05) is 54.2 Å². The van der Waals surface area contributed by atoms with Crippen LogP contribution in [0.1, 0.15) is 24.0 Å². The van der Waals surface area contributed by atoms with Crippen molar-refractivity contribution in [2.24, 2.45) is 0 Å². The summed E-state index contributed by atoms with van der Waals surface area (Å²) >= 11 is 0. The molecule has 2 saturated heterocycles. The molecule has 0 N–H and O–H groups in total. The van der Waals surface area contributed by atoms with Crippen molar-refractivity contribution in [3.63, 3.8) is 0 Å². The molecule has 3 aliphatic heterocycles. The lowest BCUT2D eigenvalue weighted by atomic mass is 9.75. The third-order valence-electron chi connectivity index (χ3n) is 10.0. The normalized spacial score (nSPS) is 18.9. The average Bonchev–Trinajstić information content (AvgIpc) is 3.62. The first-order chi connectivity index (χ1) is 22.7. The molecule has 0 aliphatic carbocycles. The van der Waals surface area contributed by atoms with Crippen LogP contribution in [0.5, 0.6) is 0 Å². The Hall–Kier alpha value is -4.19.